The second-order valence-electron chi connectivity index (χ2n) is 5.90. The Morgan fingerprint density at radius 3 is 2.52 bits per heavy atom. The minimum atomic E-state index is -3.41. The molecular formula is C14H22N2O3S2. The quantitative estimate of drug-likeness (QED) is 0.919. The van der Waals surface area contributed by atoms with E-state index in [1.807, 2.05) is 0 Å². The molecule has 2 heterocycles. The van der Waals surface area contributed by atoms with Crippen LogP contribution < -0.4 is 5.32 Å². The van der Waals surface area contributed by atoms with Gasteiger partial charge in [0, 0.05) is 24.9 Å². The highest BCUT2D eigenvalue weighted by Gasteiger charge is 2.32. The summed E-state index contributed by atoms with van der Waals surface area (Å²) in [5.41, 5.74) is 0. The fourth-order valence-corrected chi connectivity index (χ4v) is 5.86. The minimum Gasteiger partial charge on any atom is -0.351 e. The van der Waals surface area contributed by atoms with Gasteiger partial charge >= 0.3 is 0 Å². The number of sulfonamides is 1. The molecule has 1 saturated heterocycles. The van der Waals surface area contributed by atoms with Crippen LogP contribution in [0.4, 0.5) is 0 Å². The molecule has 0 radical (unpaired) electrons. The number of thiophene rings is 1. The number of hydrogen-bond donors (Lipinski definition) is 1. The maximum Gasteiger partial charge on any atom is 0.252 e. The molecule has 118 valence electrons. The monoisotopic (exact) mass is 330 g/mol. The Kier molecular flexibility index (Phi) is 5.06. The standard InChI is InChI=1S/C14H22N2O3S2/c1-10-6-11(2)9-16(8-10)21(18,19)14-5-4-13(20-14)7-15-12(3)17/h4-5,10-11H,6-9H2,1-3H3,(H,15,17)/t10-,11+. The van der Waals surface area contributed by atoms with Crippen LogP contribution in [0.2, 0.25) is 0 Å². The van der Waals surface area contributed by atoms with E-state index in [0.29, 0.717) is 35.7 Å². The average Bonchev–Trinajstić information content (AvgIpc) is 2.84. The van der Waals surface area contributed by atoms with E-state index in [1.54, 1.807) is 16.4 Å². The zero-order chi connectivity index (χ0) is 15.6. The van der Waals surface area contributed by atoms with E-state index in [2.05, 4.69) is 19.2 Å². The highest BCUT2D eigenvalue weighted by atomic mass is 32.2. The van der Waals surface area contributed by atoms with Crippen LogP contribution in [0.3, 0.4) is 0 Å². The van der Waals surface area contributed by atoms with Gasteiger partial charge in [-0.25, -0.2) is 8.42 Å². The molecule has 1 aromatic rings. The van der Waals surface area contributed by atoms with Crippen molar-refractivity contribution >= 4 is 27.3 Å². The highest BCUT2D eigenvalue weighted by Crippen LogP contribution is 2.30. The van der Waals surface area contributed by atoms with Gasteiger partial charge in [-0.3, -0.25) is 4.79 Å². The van der Waals surface area contributed by atoms with E-state index in [1.165, 1.54) is 18.3 Å². The average molecular weight is 330 g/mol. The third-order valence-corrected chi connectivity index (χ3v) is 6.96. The van der Waals surface area contributed by atoms with Crippen molar-refractivity contribution in [1.82, 2.24) is 9.62 Å². The molecule has 21 heavy (non-hydrogen) atoms. The Labute approximate surface area is 130 Å². The lowest BCUT2D eigenvalue weighted by Crippen LogP contribution is -2.42. The summed E-state index contributed by atoms with van der Waals surface area (Å²) < 4.78 is 27.3. The van der Waals surface area contributed by atoms with Gasteiger partial charge in [0.1, 0.15) is 4.21 Å². The predicted octanol–water partition coefficient (Wildman–Crippen LogP) is 2.05. The molecule has 0 saturated carbocycles. The van der Waals surface area contributed by atoms with Gasteiger partial charge in [-0.2, -0.15) is 4.31 Å². The Balaban J connectivity index is 2.14. The third-order valence-electron chi connectivity index (χ3n) is 3.58. The molecular weight excluding hydrogens is 308 g/mol. The molecule has 1 N–H and O–H groups in total. The smallest absolute Gasteiger partial charge is 0.252 e. The molecule has 0 aromatic carbocycles. The van der Waals surface area contributed by atoms with Crippen LogP contribution in [0.5, 0.6) is 0 Å². The van der Waals surface area contributed by atoms with Crippen LogP contribution in [0.1, 0.15) is 32.1 Å². The molecule has 1 aliphatic heterocycles. The van der Waals surface area contributed by atoms with Gasteiger partial charge in [-0.15, -0.1) is 11.3 Å². The van der Waals surface area contributed by atoms with Crippen molar-refractivity contribution in [2.45, 2.75) is 37.9 Å². The summed E-state index contributed by atoms with van der Waals surface area (Å²) in [5.74, 6) is 0.663. The van der Waals surface area contributed by atoms with E-state index in [-0.39, 0.29) is 5.91 Å². The van der Waals surface area contributed by atoms with Crippen LogP contribution in [-0.4, -0.2) is 31.7 Å². The van der Waals surface area contributed by atoms with E-state index in [9.17, 15) is 13.2 Å². The van der Waals surface area contributed by atoms with Crippen molar-refractivity contribution in [3.8, 4) is 0 Å². The minimum absolute atomic E-state index is 0.119. The first-order chi connectivity index (χ1) is 9.79. The molecule has 1 aliphatic rings. The van der Waals surface area contributed by atoms with Crippen molar-refractivity contribution in [1.29, 1.82) is 0 Å². The predicted molar refractivity (Wildman–Crippen MR) is 83.5 cm³/mol. The Bertz CT molecular complexity index is 599. The number of amides is 1. The second-order valence-corrected chi connectivity index (χ2v) is 9.23. The molecule has 7 heteroatoms. The first kappa shape index (κ1) is 16.5. The topological polar surface area (TPSA) is 66.5 Å². The summed E-state index contributed by atoms with van der Waals surface area (Å²) in [6.45, 7) is 7.19. The molecule has 5 nitrogen and oxygen atoms in total. The third kappa shape index (κ3) is 4.05. The van der Waals surface area contributed by atoms with Crippen molar-refractivity contribution < 1.29 is 13.2 Å². The lowest BCUT2D eigenvalue weighted by atomic mass is 9.94. The van der Waals surface area contributed by atoms with Crippen LogP contribution >= 0.6 is 11.3 Å². The van der Waals surface area contributed by atoms with Crippen molar-refractivity contribution in [3.63, 3.8) is 0 Å². The largest absolute Gasteiger partial charge is 0.351 e. The van der Waals surface area contributed by atoms with Crippen LogP contribution in [-0.2, 0) is 21.4 Å². The Hall–Kier alpha value is -0.920. The maximum atomic E-state index is 12.7. The zero-order valence-corrected chi connectivity index (χ0v) is 14.3. The summed E-state index contributed by atoms with van der Waals surface area (Å²) in [7, 11) is -3.41. The fourth-order valence-electron chi connectivity index (χ4n) is 2.73. The summed E-state index contributed by atoms with van der Waals surface area (Å²) in [6, 6.07) is 3.41. The molecule has 0 spiro atoms. The first-order valence-electron chi connectivity index (χ1n) is 7.12. The molecule has 1 fully saturated rings. The van der Waals surface area contributed by atoms with Crippen LogP contribution in [0.25, 0.3) is 0 Å². The Morgan fingerprint density at radius 2 is 1.95 bits per heavy atom. The molecule has 2 rings (SSSR count). The zero-order valence-electron chi connectivity index (χ0n) is 12.6. The van der Waals surface area contributed by atoms with E-state index >= 15 is 0 Å². The number of hydrogen-bond acceptors (Lipinski definition) is 4. The number of nitrogens with one attached hydrogen (secondary N) is 1. The summed E-state index contributed by atoms with van der Waals surface area (Å²) >= 11 is 1.23. The maximum absolute atomic E-state index is 12.7. The lowest BCUT2D eigenvalue weighted by Gasteiger charge is -2.33. The van der Waals surface area contributed by atoms with Crippen molar-refractivity contribution in [3.05, 3.63) is 17.0 Å². The summed E-state index contributed by atoms with van der Waals surface area (Å²) in [4.78, 5) is 11.8. The molecule has 1 aromatic heterocycles. The lowest BCUT2D eigenvalue weighted by molar-refractivity contribution is -0.119. The van der Waals surface area contributed by atoms with Gasteiger partial charge in [0.05, 0.1) is 6.54 Å². The van der Waals surface area contributed by atoms with E-state index in [4.69, 9.17) is 0 Å². The van der Waals surface area contributed by atoms with Crippen LogP contribution in [0, 0.1) is 11.8 Å². The van der Waals surface area contributed by atoms with Gasteiger partial charge in [0.15, 0.2) is 0 Å². The Morgan fingerprint density at radius 1 is 1.33 bits per heavy atom. The van der Waals surface area contributed by atoms with E-state index < -0.39 is 10.0 Å². The second kappa shape index (κ2) is 6.46. The first-order valence-corrected chi connectivity index (χ1v) is 9.38. The fraction of sp³-hybridized carbons (Fsp3) is 0.643. The molecule has 0 aliphatic carbocycles. The molecule has 1 amide bonds. The number of carbonyl (C=O) groups is 1. The SMILES string of the molecule is CC(=O)NCc1ccc(S(=O)(=O)N2C[C@H](C)C[C@H](C)C2)s1. The van der Waals surface area contributed by atoms with Gasteiger partial charge in [0.2, 0.25) is 5.91 Å². The highest BCUT2D eigenvalue weighted by molar-refractivity contribution is 7.91. The number of rotatable bonds is 4. The number of carbonyl (C=O) groups excluding carboxylic acids is 1. The van der Waals surface area contributed by atoms with Gasteiger partial charge in [0.25, 0.3) is 10.0 Å². The van der Waals surface area contributed by atoms with Crippen molar-refractivity contribution in [2.24, 2.45) is 11.8 Å². The molecule has 0 bridgehead atoms. The molecule has 2 atom stereocenters. The van der Waals surface area contributed by atoms with Crippen LogP contribution in [0.15, 0.2) is 16.3 Å². The summed E-state index contributed by atoms with van der Waals surface area (Å²) in [5, 5.41) is 2.68. The van der Waals surface area contributed by atoms with Gasteiger partial charge < -0.3 is 5.32 Å². The molecule has 0 unspecified atom stereocenters. The number of nitrogens with zero attached hydrogens (tertiary/aromatic N) is 1. The van der Waals surface area contributed by atoms with Crippen molar-refractivity contribution in [2.75, 3.05) is 13.1 Å². The summed E-state index contributed by atoms with van der Waals surface area (Å²) in [6.07, 6.45) is 1.07. The van der Waals surface area contributed by atoms with E-state index in [0.717, 1.165) is 11.3 Å². The normalized spacial score (nSPS) is 24.0. The van der Waals surface area contributed by atoms with Gasteiger partial charge in [-0.1, -0.05) is 13.8 Å². The number of piperidine rings is 1. The van der Waals surface area contributed by atoms with Gasteiger partial charge in [-0.05, 0) is 30.4 Å².